The van der Waals surface area contributed by atoms with Crippen LogP contribution in [0, 0.1) is 0 Å². The lowest BCUT2D eigenvalue weighted by atomic mass is 10.0. The van der Waals surface area contributed by atoms with Crippen molar-refractivity contribution in [1.29, 1.82) is 0 Å². The number of aliphatic hydroxyl groups excluding tert-OH is 4. The molecule has 0 amide bonds. The summed E-state index contributed by atoms with van der Waals surface area (Å²) in [7, 11) is 0. The molecule has 4 unspecified atom stereocenters. The predicted octanol–water partition coefficient (Wildman–Crippen LogP) is 2.81. The fourth-order valence-corrected chi connectivity index (χ4v) is 4.98. The second kappa shape index (κ2) is 22.8. The summed E-state index contributed by atoms with van der Waals surface area (Å²) < 4.78 is 21.6. The first kappa shape index (κ1) is 45.9. The molecule has 4 atom stereocenters. The van der Waals surface area contributed by atoms with E-state index in [-0.39, 0.29) is 48.5 Å². The third kappa shape index (κ3) is 15.5. The van der Waals surface area contributed by atoms with Crippen LogP contribution in [-0.4, -0.2) is 121 Å². The summed E-state index contributed by atoms with van der Waals surface area (Å²) in [5.74, 6) is -2.69. The number of hydrogen-bond acceptors (Lipinski definition) is 14. The normalized spacial score (nSPS) is 12.9. The Kier molecular flexibility index (Phi) is 19.0. The van der Waals surface area contributed by atoms with Crippen molar-refractivity contribution in [3.05, 3.63) is 108 Å². The number of benzene rings is 2. The topological polar surface area (TPSA) is 193 Å². The Morgan fingerprint density at radius 2 is 0.691 bits per heavy atom. The second-order valence-corrected chi connectivity index (χ2v) is 13.3. The Morgan fingerprint density at radius 3 is 0.873 bits per heavy atom. The van der Waals surface area contributed by atoms with Crippen molar-refractivity contribution in [2.45, 2.75) is 58.5 Å². The first-order valence-corrected chi connectivity index (χ1v) is 17.6. The molecule has 14 nitrogen and oxygen atoms in total. The molecular weight excluding hydrogens is 712 g/mol. The minimum Gasteiger partial charge on any atom is -0.455 e. The van der Waals surface area contributed by atoms with Crippen LogP contribution in [0.25, 0.3) is 0 Å². The molecule has 14 heteroatoms. The minimum absolute atomic E-state index is 0.0149. The van der Waals surface area contributed by atoms with Crippen molar-refractivity contribution in [3.8, 4) is 0 Å². The molecule has 0 saturated carbocycles. The number of carbonyl (C=O) groups is 4. The number of anilines is 2. The van der Waals surface area contributed by atoms with Gasteiger partial charge in [0, 0.05) is 33.7 Å². The highest BCUT2D eigenvalue weighted by atomic mass is 16.6. The first-order valence-electron chi connectivity index (χ1n) is 17.6. The van der Waals surface area contributed by atoms with Crippen LogP contribution >= 0.6 is 0 Å². The highest BCUT2D eigenvalue weighted by molar-refractivity contribution is 5.88. The van der Waals surface area contributed by atoms with E-state index in [1.807, 2.05) is 48.5 Å². The molecule has 55 heavy (non-hydrogen) atoms. The van der Waals surface area contributed by atoms with E-state index in [2.05, 4.69) is 26.3 Å². The van der Waals surface area contributed by atoms with Gasteiger partial charge in [-0.2, -0.15) is 0 Å². The third-order valence-corrected chi connectivity index (χ3v) is 8.01. The molecule has 0 aliphatic carbocycles. The van der Waals surface area contributed by atoms with Gasteiger partial charge in [-0.3, -0.25) is 0 Å². The number of rotatable bonds is 24. The van der Waals surface area contributed by atoms with Crippen LogP contribution in [0.5, 0.6) is 0 Å². The molecule has 0 fully saturated rings. The van der Waals surface area contributed by atoms with Crippen molar-refractivity contribution in [2.24, 2.45) is 0 Å². The maximum atomic E-state index is 12.2. The van der Waals surface area contributed by atoms with E-state index < -0.39 is 74.7 Å². The predicted molar refractivity (Wildman–Crippen MR) is 207 cm³/mol. The molecule has 0 aromatic heterocycles. The van der Waals surface area contributed by atoms with Crippen molar-refractivity contribution in [1.82, 2.24) is 0 Å². The highest BCUT2D eigenvalue weighted by Gasteiger charge is 2.25. The lowest BCUT2D eigenvalue weighted by molar-refractivity contribution is -0.147. The zero-order valence-electron chi connectivity index (χ0n) is 32.1. The number of ether oxygens (including phenoxy) is 4. The smallest absolute Gasteiger partial charge is 0.333 e. The Balaban J connectivity index is 2.34. The van der Waals surface area contributed by atoms with Gasteiger partial charge in [0.1, 0.15) is 24.4 Å². The summed E-state index contributed by atoms with van der Waals surface area (Å²) in [6.45, 7) is 18.4. The largest absolute Gasteiger partial charge is 0.455 e. The van der Waals surface area contributed by atoms with E-state index in [4.69, 9.17) is 18.9 Å². The van der Waals surface area contributed by atoms with Gasteiger partial charge in [-0.15, -0.1) is 0 Å². The average Bonchev–Trinajstić information content (AvgIpc) is 3.15. The quantitative estimate of drug-likeness (QED) is 0.0693. The number of nitrogens with zero attached hydrogens (tertiary/aromatic N) is 2. The van der Waals surface area contributed by atoms with E-state index in [0.717, 1.165) is 11.1 Å². The molecule has 0 spiro atoms. The van der Waals surface area contributed by atoms with Gasteiger partial charge in [0.25, 0.3) is 0 Å². The molecule has 2 rings (SSSR count). The number of hydrogen-bond donors (Lipinski definition) is 4. The van der Waals surface area contributed by atoms with Crippen LogP contribution in [0.3, 0.4) is 0 Å². The summed E-state index contributed by atoms with van der Waals surface area (Å²) in [4.78, 5) is 52.3. The lowest BCUT2D eigenvalue weighted by Gasteiger charge is -2.31. The Bertz CT molecular complexity index is 1460. The van der Waals surface area contributed by atoms with Gasteiger partial charge in [-0.05, 0) is 69.5 Å². The number of esters is 4. The standard InChI is InChI=1S/C41H54N2O12/c1-26(2)38(48)52-34(22-44)18-42(19-35(23-45)53-39(49)27(3)4)32-13-9-30(10-14-32)17-31-11-15-33(16-12-31)43(20-36(24-46)54-40(50)28(5)6)21-37(25-47)55-41(51)29(7)8/h9-16,34-37,44-47H,1,3,5,7,17-25H2,2,4,6,8H3. The molecule has 0 bridgehead atoms. The van der Waals surface area contributed by atoms with Crippen molar-refractivity contribution < 1.29 is 58.6 Å². The zero-order valence-corrected chi connectivity index (χ0v) is 32.1. The first-order chi connectivity index (χ1) is 26.0. The molecule has 300 valence electrons. The van der Waals surface area contributed by atoms with Crippen molar-refractivity contribution in [2.75, 3.05) is 62.4 Å². The summed E-state index contributed by atoms with van der Waals surface area (Å²) in [6, 6.07) is 14.8. The molecule has 2 aromatic rings. The molecule has 0 heterocycles. The van der Waals surface area contributed by atoms with Gasteiger partial charge in [-0.1, -0.05) is 50.6 Å². The van der Waals surface area contributed by atoms with Crippen molar-refractivity contribution >= 4 is 35.3 Å². The summed E-state index contributed by atoms with van der Waals surface area (Å²) >= 11 is 0. The summed E-state index contributed by atoms with van der Waals surface area (Å²) in [5, 5.41) is 40.0. The van der Waals surface area contributed by atoms with E-state index in [0.29, 0.717) is 17.8 Å². The number of carbonyl (C=O) groups excluding carboxylic acids is 4. The second-order valence-electron chi connectivity index (χ2n) is 13.3. The summed E-state index contributed by atoms with van der Waals surface area (Å²) in [6.07, 6.45) is -3.29. The van der Waals surface area contributed by atoms with E-state index in [9.17, 15) is 39.6 Å². The Hall–Kier alpha value is -5.28. The Morgan fingerprint density at radius 1 is 0.473 bits per heavy atom. The average molecular weight is 767 g/mol. The summed E-state index contributed by atoms with van der Waals surface area (Å²) in [5.41, 5.74) is 3.78. The van der Waals surface area contributed by atoms with E-state index in [1.54, 1.807) is 9.80 Å². The molecule has 4 N–H and O–H groups in total. The highest BCUT2D eigenvalue weighted by Crippen LogP contribution is 2.23. The maximum absolute atomic E-state index is 12.2. The number of aliphatic hydroxyl groups is 4. The molecular formula is C41H54N2O12. The molecule has 0 aliphatic heterocycles. The van der Waals surface area contributed by atoms with Crippen LogP contribution in [-0.2, 0) is 44.5 Å². The van der Waals surface area contributed by atoms with Crippen LogP contribution in [0.15, 0.2) is 97.1 Å². The lowest BCUT2D eigenvalue weighted by Crippen LogP contribution is -2.43. The van der Waals surface area contributed by atoms with Gasteiger partial charge in [-0.25, -0.2) is 19.2 Å². The fraction of sp³-hybridized carbons (Fsp3) is 0.415. The molecule has 0 radical (unpaired) electrons. The SMILES string of the molecule is C=C(C)C(=O)OC(CO)CN(CC(CO)OC(=O)C(=C)C)c1ccc(Cc2ccc(N(CC(CO)OC(=O)C(=C)C)CC(CO)OC(=O)C(=C)C)cc2)cc1. The Labute approximate surface area is 322 Å². The van der Waals surface area contributed by atoms with Crippen LogP contribution in [0.4, 0.5) is 11.4 Å². The van der Waals surface area contributed by atoms with Crippen molar-refractivity contribution in [3.63, 3.8) is 0 Å². The fourth-order valence-electron chi connectivity index (χ4n) is 4.98. The zero-order chi connectivity index (χ0) is 41.2. The van der Waals surface area contributed by atoms with Gasteiger partial charge >= 0.3 is 23.9 Å². The monoisotopic (exact) mass is 766 g/mol. The third-order valence-electron chi connectivity index (χ3n) is 8.01. The van der Waals surface area contributed by atoms with Gasteiger partial charge in [0.15, 0.2) is 0 Å². The van der Waals surface area contributed by atoms with Crippen LogP contribution in [0.2, 0.25) is 0 Å². The van der Waals surface area contributed by atoms with E-state index in [1.165, 1.54) is 27.7 Å². The van der Waals surface area contributed by atoms with E-state index >= 15 is 0 Å². The van der Waals surface area contributed by atoms with Gasteiger partial charge in [0.2, 0.25) is 0 Å². The molecule has 0 aliphatic rings. The van der Waals surface area contributed by atoms with Crippen LogP contribution in [0.1, 0.15) is 38.8 Å². The molecule has 0 saturated heterocycles. The molecule has 2 aromatic carbocycles. The van der Waals surface area contributed by atoms with Gasteiger partial charge < -0.3 is 49.2 Å². The maximum Gasteiger partial charge on any atom is 0.333 e. The van der Waals surface area contributed by atoms with Gasteiger partial charge in [0.05, 0.1) is 52.6 Å². The van der Waals surface area contributed by atoms with Crippen LogP contribution < -0.4 is 9.80 Å². The minimum atomic E-state index is -0.949.